The van der Waals surface area contributed by atoms with E-state index in [9.17, 15) is 0 Å². The molecule has 4 rings (SSSR count). The smallest absolute Gasteiger partial charge is 0.274 e. The largest absolute Gasteiger partial charge is 0.351 e. The molecule has 0 bridgehead atoms. The second-order valence-electron chi connectivity index (χ2n) is 4.70. The molecule has 0 amide bonds. The lowest BCUT2D eigenvalue weighted by Crippen LogP contribution is -1.80. The Kier molecular flexibility index (Phi) is 2.75. The van der Waals surface area contributed by atoms with E-state index >= 15 is 0 Å². The molecule has 21 heavy (non-hydrogen) atoms. The molecule has 4 nitrogen and oxygen atoms in total. The monoisotopic (exact) mass is 295 g/mol. The number of rotatable bonds is 2. The molecule has 5 heteroatoms. The van der Waals surface area contributed by atoms with E-state index in [0.717, 1.165) is 22.2 Å². The number of aromatic nitrogens is 3. The maximum atomic E-state index is 5.88. The zero-order chi connectivity index (χ0) is 14.2. The van der Waals surface area contributed by atoms with Gasteiger partial charge in [-0.3, -0.25) is 0 Å². The van der Waals surface area contributed by atoms with Crippen molar-refractivity contribution in [2.75, 3.05) is 0 Å². The Labute approximate surface area is 125 Å². The van der Waals surface area contributed by atoms with Gasteiger partial charge in [0, 0.05) is 21.5 Å². The average Bonchev–Trinajstić information content (AvgIpc) is 3.14. The van der Waals surface area contributed by atoms with Gasteiger partial charge in [-0.15, -0.1) is 0 Å². The zero-order valence-corrected chi connectivity index (χ0v) is 11.6. The Morgan fingerprint density at radius 2 is 1.81 bits per heavy atom. The highest BCUT2D eigenvalue weighted by Gasteiger charge is 2.12. The lowest BCUT2D eigenvalue weighted by molar-refractivity contribution is 0.431. The number of benzene rings is 2. The van der Waals surface area contributed by atoms with Crippen molar-refractivity contribution in [3.05, 3.63) is 59.6 Å². The first-order chi connectivity index (χ1) is 10.3. The fourth-order valence-corrected chi connectivity index (χ4v) is 2.36. The molecular formula is C16H10ClN3O. The van der Waals surface area contributed by atoms with E-state index in [1.54, 1.807) is 12.1 Å². The van der Waals surface area contributed by atoms with Crippen LogP contribution in [-0.2, 0) is 0 Å². The Morgan fingerprint density at radius 1 is 1.00 bits per heavy atom. The van der Waals surface area contributed by atoms with Gasteiger partial charge in [0.15, 0.2) is 0 Å². The first kappa shape index (κ1) is 12.2. The zero-order valence-electron chi connectivity index (χ0n) is 10.9. The molecule has 0 saturated heterocycles. The fourth-order valence-electron chi connectivity index (χ4n) is 2.24. The summed E-state index contributed by atoms with van der Waals surface area (Å²) in [6.07, 6.45) is 0. The minimum atomic E-state index is 0.469. The summed E-state index contributed by atoms with van der Waals surface area (Å²) in [5.74, 6) is 1.01. The van der Waals surface area contributed by atoms with Crippen LogP contribution in [0.15, 0.2) is 59.1 Å². The van der Waals surface area contributed by atoms with Gasteiger partial charge in [0.25, 0.3) is 5.89 Å². The molecule has 0 unspecified atom stereocenters. The summed E-state index contributed by atoms with van der Waals surface area (Å²) >= 11 is 5.88. The molecule has 0 atom stereocenters. The average molecular weight is 296 g/mol. The highest BCUT2D eigenvalue weighted by molar-refractivity contribution is 6.30. The van der Waals surface area contributed by atoms with Gasteiger partial charge >= 0.3 is 0 Å². The van der Waals surface area contributed by atoms with Crippen LogP contribution < -0.4 is 0 Å². The van der Waals surface area contributed by atoms with Crippen molar-refractivity contribution in [3.63, 3.8) is 0 Å². The molecule has 2 aromatic heterocycles. The fraction of sp³-hybridized carbons (Fsp3) is 0. The predicted octanol–water partition coefficient (Wildman–Crippen LogP) is 4.54. The number of hydrogen-bond donors (Lipinski definition) is 1. The van der Waals surface area contributed by atoms with Crippen molar-refractivity contribution < 1.29 is 4.52 Å². The Balaban J connectivity index is 1.75. The molecule has 2 aromatic carbocycles. The number of hydrogen-bond acceptors (Lipinski definition) is 3. The maximum Gasteiger partial charge on any atom is 0.274 e. The quantitative estimate of drug-likeness (QED) is 0.591. The molecule has 0 radical (unpaired) electrons. The Bertz CT molecular complexity index is 876. The molecule has 0 aliphatic rings. The number of aromatic amines is 1. The molecule has 0 aliphatic carbocycles. The third kappa shape index (κ3) is 2.19. The summed E-state index contributed by atoms with van der Waals surface area (Å²) in [5, 5.41) is 5.80. The lowest BCUT2D eigenvalue weighted by atomic mass is 10.2. The molecule has 2 heterocycles. The third-order valence-corrected chi connectivity index (χ3v) is 3.54. The topological polar surface area (TPSA) is 54.7 Å². The number of para-hydroxylation sites is 1. The minimum Gasteiger partial charge on any atom is -0.351 e. The van der Waals surface area contributed by atoms with Crippen LogP contribution in [0.25, 0.3) is 33.9 Å². The molecule has 102 valence electrons. The van der Waals surface area contributed by atoms with E-state index in [2.05, 4.69) is 15.1 Å². The molecule has 0 saturated carbocycles. The summed E-state index contributed by atoms with van der Waals surface area (Å²) in [6.45, 7) is 0. The van der Waals surface area contributed by atoms with Crippen molar-refractivity contribution in [2.24, 2.45) is 0 Å². The van der Waals surface area contributed by atoms with E-state index in [1.165, 1.54) is 0 Å². The molecule has 0 spiro atoms. The maximum absolute atomic E-state index is 5.88. The number of nitrogens with zero attached hydrogens (tertiary/aromatic N) is 2. The van der Waals surface area contributed by atoms with E-state index in [-0.39, 0.29) is 0 Å². The Hall–Kier alpha value is -2.59. The second-order valence-corrected chi connectivity index (χ2v) is 5.14. The van der Waals surface area contributed by atoms with Crippen LogP contribution in [0.3, 0.4) is 0 Å². The normalized spacial score (nSPS) is 11.1. The number of fused-ring (bicyclic) bond motifs is 1. The molecule has 0 fully saturated rings. The minimum absolute atomic E-state index is 0.469. The van der Waals surface area contributed by atoms with Gasteiger partial charge in [-0.1, -0.05) is 35.0 Å². The number of nitrogens with one attached hydrogen (secondary N) is 1. The van der Waals surface area contributed by atoms with Gasteiger partial charge in [-0.25, -0.2) is 0 Å². The van der Waals surface area contributed by atoms with Crippen molar-refractivity contribution in [2.45, 2.75) is 0 Å². The molecule has 0 aliphatic heterocycles. The first-order valence-electron chi connectivity index (χ1n) is 6.47. The van der Waals surface area contributed by atoms with E-state index in [0.29, 0.717) is 16.7 Å². The van der Waals surface area contributed by atoms with E-state index < -0.39 is 0 Å². The van der Waals surface area contributed by atoms with E-state index in [1.807, 2.05) is 42.5 Å². The van der Waals surface area contributed by atoms with Crippen molar-refractivity contribution in [3.8, 4) is 23.0 Å². The summed E-state index contributed by atoms with van der Waals surface area (Å²) < 4.78 is 5.34. The molecular weight excluding hydrogens is 286 g/mol. The highest BCUT2D eigenvalue weighted by atomic mass is 35.5. The van der Waals surface area contributed by atoms with Gasteiger partial charge in [0.2, 0.25) is 5.82 Å². The van der Waals surface area contributed by atoms with Crippen LogP contribution in [0.1, 0.15) is 0 Å². The highest BCUT2D eigenvalue weighted by Crippen LogP contribution is 2.25. The van der Waals surface area contributed by atoms with Gasteiger partial charge < -0.3 is 9.51 Å². The van der Waals surface area contributed by atoms with Crippen molar-refractivity contribution in [1.82, 2.24) is 15.1 Å². The van der Waals surface area contributed by atoms with Crippen LogP contribution in [0, 0.1) is 0 Å². The van der Waals surface area contributed by atoms with Gasteiger partial charge in [-0.2, -0.15) is 4.98 Å². The van der Waals surface area contributed by atoms with Crippen LogP contribution in [0.4, 0.5) is 0 Å². The van der Waals surface area contributed by atoms with Crippen molar-refractivity contribution >= 4 is 22.5 Å². The van der Waals surface area contributed by atoms with Gasteiger partial charge in [0.05, 0.1) is 0 Å². The van der Waals surface area contributed by atoms with Crippen LogP contribution in [0.5, 0.6) is 0 Å². The van der Waals surface area contributed by atoms with Gasteiger partial charge in [0.1, 0.15) is 5.69 Å². The molecule has 4 aromatic rings. The SMILES string of the molecule is Clc1ccc(-c2noc(-c3cc4ccccc4[nH]3)n2)cc1. The number of halogens is 1. The third-order valence-electron chi connectivity index (χ3n) is 3.29. The Morgan fingerprint density at radius 3 is 2.62 bits per heavy atom. The van der Waals surface area contributed by atoms with Crippen molar-refractivity contribution in [1.29, 1.82) is 0 Å². The summed E-state index contributed by atoms with van der Waals surface area (Å²) in [5.41, 5.74) is 2.72. The van der Waals surface area contributed by atoms with Crippen LogP contribution in [0.2, 0.25) is 5.02 Å². The first-order valence-corrected chi connectivity index (χ1v) is 6.85. The second kappa shape index (κ2) is 4.75. The van der Waals surface area contributed by atoms with Crippen LogP contribution in [-0.4, -0.2) is 15.1 Å². The van der Waals surface area contributed by atoms with Gasteiger partial charge in [-0.05, 0) is 36.4 Å². The predicted molar refractivity (Wildman–Crippen MR) is 82.0 cm³/mol. The summed E-state index contributed by atoms with van der Waals surface area (Å²) in [7, 11) is 0. The summed E-state index contributed by atoms with van der Waals surface area (Å²) in [6, 6.07) is 17.3. The molecule has 1 N–H and O–H groups in total. The van der Waals surface area contributed by atoms with Crippen LogP contribution >= 0.6 is 11.6 Å². The number of H-pyrrole nitrogens is 1. The standard InChI is InChI=1S/C16H10ClN3O/c17-12-7-5-10(6-8-12)15-19-16(21-20-15)14-9-11-3-1-2-4-13(11)18-14/h1-9,18H. The summed E-state index contributed by atoms with van der Waals surface area (Å²) in [4.78, 5) is 7.69. The van der Waals surface area contributed by atoms with E-state index in [4.69, 9.17) is 16.1 Å². The lowest BCUT2D eigenvalue weighted by Gasteiger charge is -1.93.